The van der Waals surface area contributed by atoms with Gasteiger partial charge in [-0.15, -0.1) is 22.7 Å². The van der Waals surface area contributed by atoms with Gasteiger partial charge < -0.3 is 10.3 Å². The van der Waals surface area contributed by atoms with Crippen LogP contribution in [-0.2, 0) is 6.42 Å². The van der Waals surface area contributed by atoms with Crippen LogP contribution in [0, 0.1) is 6.92 Å². The van der Waals surface area contributed by atoms with Gasteiger partial charge in [-0.05, 0) is 37.6 Å². The van der Waals surface area contributed by atoms with Gasteiger partial charge in [-0.3, -0.25) is 4.79 Å². The molecule has 0 fully saturated rings. The number of H-pyrrole nitrogens is 1. The number of aromatic nitrogens is 2. The van der Waals surface area contributed by atoms with Crippen molar-refractivity contribution in [1.29, 1.82) is 0 Å². The van der Waals surface area contributed by atoms with E-state index in [0.29, 0.717) is 12.2 Å². The van der Waals surface area contributed by atoms with E-state index in [9.17, 15) is 4.79 Å². The van der Waals surface area contributed by atoms with E-state index in [4.69, 9.17) is 0 Å². The van der Waals surface area contributed by atoms with Gasteiger partial charge in [-0.2, -0.15) is 0 Å². The monoisotopic (exact) mass is 317 g/mol. The lowest BCUT2D eigenvalue weighted by molar-refractivity contribution is 0.0950. The van der Waals surface area contributed by atoms with Crippen LogP contribution in [0.4, 0.5) is 0 Å². The van der Waals surface area contributed by atoms with E-state index in [0.717, 1.165) is 17.1 Å². The SMILES string of the molecule is Cc1nc(-c2ccc(CCNC(=O)c3ccc[nH]3)s2)cs1. The second-order valence-electron chi connectivity index (χ2n) is 4.61. The first kappa shape index (κ1) is 14.0. The first-order valence-corrected chi connectivity index (χ1v) is 8.35. The lowest BCUT2D eigenvalue weighted by Crippen LogP contribution is -2.25. The van der Waals surface area contributed by atoms with Crippen molar-refractivity contribution < 1.29 is 4.79 Å². The number of carbonyl (C=O) groups is 1. The van der Waals surface area contributed by atoms with Crippen LogP contribution in [0.3, 0.4) is 0 Å². The molecule has 2 N–H and O–H groups in total. The van der Waals surface area contributed by atoms with Crippen molar-refractivity contribution in [2.24, 2.45) is 0 Å². The molecule has 108 valence electrons. The molecule has 0 saturated carbocycles. The quantitative estimate of drug-likeness (QED) is 0.757. The van der Waals surface area contributed by atoms with Crippen LogP contribution in [0.15, 0.2) is 35.8 Å². The Labute approximate surface area is 130 Å². The van der Waals surface area contributed by atoms with E-state index in [1.54, 1.807) is 34.9 Å². The first-order valence-electron chi connectivity index (χ1n) is 6.65. The van der Waals surface area contributed by atoms with Gasteiger partial charge in [0.2, 0.25) is 0 Å². The Balaban J connectivity index is 1.54. The average Bonchev–Trinajstić information content (AvgIpc) is 3.19. The highest BCUT2D eigenvalue weighted by Gasteiger charge is 2.08. The lowest BCUT2D eigenvalue weighted by atomic mass is 10.3. The van der Waals surface area contributed by atoms with Crippen molar-refractivity contribution in [1.82, 2.24) is 15.3 Å². The molecule has 21 heavy (non-hydrogen) atoms. The number of thiazole rings is 1. The predicted octanol–water partition coefficient (Wildman–Crippen LogP) is 3.48. The fourth-order valence-electron chi connectivity index (χ4n) is 1.99. The highest BCUT2D eigenvalue weighted by molar-refractivity contribution is 7.16. The molecule has 0 aromatic carbocycles. The van der Waals surface area contributed by atoms with Crippen molar-refractivity contribution in [3.8, 4) is 10.6 Å². The van der Waals surface area contributed by atoms with E-state index in [1.165, 1.54) is 9.75 Å². The molecule has 0 radical (unpaired) electrons. The Morgan fingerprint density at radius 1 is 1.38 bits per heavy atom. The second-order valence-corrected chi connectivity index (χ2v) is 6.84. The molecule has 4 nitrogen and oxygen atoms in total. The zero-order valence-corrected chi connectivity index (χ0v) is 13.2. The molecule has 0 saturated heterocycles. The van der Waals surface area contributed by atoms with E-state index in [2.05, 4.69) is 32.8 Å². The summed E-state index contributed by atoms with van der Waals surface area (Å²) < 4.78 is 0. The molecule has 3 aromatic rings. The van der Waals surface area contributed by atoms with Crippen molar-refractivity contribution in [3.05, 3.63) is 51.4 Å². The van der Waals surface area contributed by atoms with E-state index < -0.39 is 0 Å². The van der Waals surface area contributed by atoms with Gasteiger partial charge in [0.05, 0.1) is 15.6 Å². The molecule has 0 aliphatic rings. The summed E-state index contributed by atoms with van der Waals surface area (Å²) in [5.41, 5.74) is 1.64. The smallest absolute Gasteiger partial charge is 0.267 e. The molecule has 0 unspecified atom stereocenters. The van der Waals surface area contributed by atoms with E-state index in [-0.39, 0.29) is 5.91 Å². The van der Waals surface area contributed by atoms with Gasteiger partial charge >= 0.3 is 0 Å². The molecule has 6 heteroatoms. The number of hydrogen-bond donors (Lipinski definition) is 2. The maximum absolute atomic E-state index is 11.8. The summed E-state index contributed by atoms with van der Waals surface area (Å²) in [6.45, 7) is 2.65. The highest BCUT2D eigenvalue weighted by Crippen LogP contribution is 2.29. The van der Waals surface area contributed by atoms with Crippen LogP contribution in [0.1, 0.15) is 20.4 Å². The molecular formula is C15H15N3OS2. The number of nitrogens with one attached hydrogen (secondary N) is 2. The van der Waals surface area contributed by atoms with Gasteiger partial charge in [0.15, 0.2) is 0 Å². The number of hydrogen-bond acceptors (Lipinski definition) is 4. The lowest BCUT2D eigenvalue weighted by Gasteiger charge is -2.02. The summed E-state index contributed by atoms with van der Waals surface area (Å²) in [6.07, 6.45) is 2.58. The molecule has 3 heterocycles. The summed E-state index contributed by atoms with van der Waals surface area (Å²) in [7, 11) is 0. The van der Waals surface area contributed by atoms with Crippen LogP contribution in [0.2, 0.25) is 0 Å². The van der Waals surface area contributed by atoms with Gasteiger partial charge in [-0.1, -0.05) is 0 Å². The number of rotatable bonds is 5. The van der Waals surface area contributed by atoms with Crippen LogP contribution >= 0.6 is 22.7 Å². The molecular weight excluding hydrogens is 302 g/mol. The predicted molar refractivity (Wildman–Crippen MR) is 87.0 cm³/mol. The zero-order valence-electron chi connectivity index (χ0n) is 11.6. The second kappa shape index (κ2) is 6.24. The fourth-order valence-corrected chi connectivity index (χ4v) is 3.65. The van der Waals surface area contributed by atoms with Crippen molar-refractivity contribution >= 4 is 28.6 Å². The molecule has 3 aromatic heterocycles. The Morgan fingerprint density at radius 3 is 3.00 bits per heavy atom. The number of nitrogens with zero attached hydrogens (tertiary/aromatic N) is 1. The standard InChI is InChI=1S/C15H15N3OS2/c1-10-18-13(9-20-10)14-5-4-11(21-14)6-8-17-15(19)12-3-2-7-16-12/h2-5,7,9,16H,6,8H2,1H3,(H,17,19). The van der Waals surface area contributed by atoms with Crippen molar-refractivity contribution in [3.63, 3.8) is 0 Å². The Morgan fingerprint density at radius 2 is 2.29 bits per heavy atom. The Kier molecular flexibility index (Phi) is 4.17. The molecule has 0 aliphatic heterocycles. The molecule has 1 amide bonds. The average molecular weight is 317 g/mol. The van der Waals surface area contributed by atoms with Crippen LogP contribution in [0.5, 0.6) is 0 Å². The van der Waals surface area contributed by atoms with E-state index in [1.807, 2.05) is 13.0 Å². The maximum atomic E-state index is 11.8. The minimum Gasteiger partial charge on any atom is -0.357 e. The number of thiophene rings is 1. The largest absolute Gasteiger partial charge is 0.357 e. The van der Waals surface area contributed by atoms with E-state index >= 15 is 0 Å². The third-order valence-electron chi connectivity index (χ3n) is 3.03. The van der Waals surface area contributed by atoms with Crippen LogP contribution in [0.25, 0.3) is 10.6 Å². The van der Waals surface area contributed by atoms with Crippen LogP contribution in [-0.4, -0.2) is 22.4 Å². The van der Waals surface area contributed by atoms with Crippen molar-refractivity contribution in [2.45, 2.75) is 13.3 Å². The van der Waals surface area contributed by atoms with Crippen LogP contribution < -0.4 is 5.32 Å². The summed E-state index contributed by atoms with van der Waals surface area (Å²) in [4.78, 5) is 21.6. The fraction of sp³-hybridized carbons (Fsp3) is 0.200. The van der Waals surface area contributed by atoms with Crippen molar-refractivity contribution in [2.75, 3.05) is 6.54 Å². The first-order chi connectivity index (χ1) is 10.2. The maximum Gasteiger partial charge on any atom is 0.267 e. The zero-order chi connectivity index (χ0) is 14.7. The van der Waals surface area contributed by atoms with Gasteiger partial charge in [0.25, 0.3) is 5.91 Å². The Bertz CT molecular complexity index is 728. The Hall–Kier alpha value is -1.92. The highest BCUT2D eigenvalue weighted by atomic mass is 32.1. The third-order valence-corrected chi connectivity index (χ3v) is 4.97. The summed E-state index contributed by atoms with van der Waals surface area (Å²) in [5.74, 6) is -0.0631. The summed E-state index contributed by atoms with van der Waals surface area (Å²) in [5, 5.41) is 6.07. The number of aromatic amines is 1. The topological polar surface area (TPSA) is 57.8 Å². The molecule has 0 spiro atoms. The number of amides is 1. The molecule has 0 aliphatic carbocycles. The van der Waals surface area contributed by atoms with Gasteiger partial charge in [0, 0.05) is 23.0 Å². The molecule has 3 rings (SSSR count). The minimum atomic E-state index is -0.0631. The number of carbonyl (C=O) groups excluding carboxylic acids is 1. The van der Waals surface area contributed by atoms with Gasteiger partial charge in [0.1, 0.15) is 5.69 Å². The number of aryl methyl sites for hydroxylation is 1. The minimum absolute atomic E-state index is 0.0631. The molecule has 0 bridgehead atoms. The third kappa shape index (κ3) is 3.40. The normalized spacial score (nSPS) is 10.7. The summed E-state index contributed by atoms with van der Waals surface area (Å²) >= 11 is 3.40. The van der Waals surface area contributed by atoms with Gasteiger partial charge in [-0.25, -0.2) is 4.98 Å². The molecule has 0 atom stereocenters. The summed E-state index contributed by atoms with van der Waals surface area (Å²) in [6, 6.07) is 7.79.